The van der Waals surface area contributed by atoms with E-state index in [-0.39, 0.29) is 17.5 Å². The highest BCUT2D eigenvalue weighted by molar-refractivity contribution is 9.10. The maximum Gasteiger partial charge on any atom is 0.240 e. The highest BCUT2D eigenvalue weighted by Gasteiger charge is 2.21. The Morgan fingerprint density at radius 2 is 2.05 bits per heavy atom. The molecule has 5 nitrogen and oxygen atoms in total. The largest absolute Gasteiger partial charge is 0.468 e. The van der Waals surface area contributed by atoms with E-state index in [0.717, 1.165) is 10.2 Å². The number of hydrogen-bond acceptors (Lipinski definition) is 4. The summed E-state index contributed by atoms with van der Waals surface area (Å²) in [5.41, 5.74) is 0. The molecule has 114 valence electrons. The molecule has 0 aliphatic carbocycles. The Morgan fingerprint density at radius 1 is 1.29 bits per heavy atom. The fourth-order valence-electron chi connectivity index (χ4n) is 1.92. The van der Waals surface area contributed by atoms with Crippen molar-refractivity contribution in [3.05, 3.63) is 52.9 Å². The van der Waals surface area contributed by atoms with E-state index < -0.39 is 10.0 Å². The van der Waals surface area contributed by atoms with Gasteiger partial charge < -0.3 is 4.42 Å². The second kappa shape index (κ2) is 6.74. The Bertz CT molecular complexity index is 684. The molecule has 0 saturated carbocycles. The number of rotatable bonds is 6. The first-order chi connectivity index (χ1) is 9.90. The topological polar surface area (TPSA) is 62.6 Å². The van der Waals surface area contributed by atoms with Crippen LogP contribution in [0.3, 0.4) is 0 Å². The first kappa shape index (κ1) is 16.2. The lowest BCUT2D eigenvalue weighted by Gasteiger charge is -2.22. The molecule has 1 aromatic carbocycles. The molecule has 0 saturated heterocycles. The van der Waals surface area contributed by atoms with Crippen LogP contribution in [0, 0.1) is 0 Å². The van der Waals surface area contributed by atoms with Crippen molar-refractivity contribution in [3.63, 3.8) is 0 Å². The number of likely N-dealkylation sites (N-methyl/N-ethyl adjacent to an activating group) is 1. The van der Waals surface area contributed by atoms with Crippen molar-refractivity contribution in [3.8, 4) is 0 Å². The minimum absolute atomic E-state index is 0.165. The Hall–Kier alpha value is -1.15. The van der Waals surface area contributed by atoms with Crippen LogP contribution >= 0.6 is 15.9 Å². The number of nitrogens with one attached hydrogen (secondary N) is 1. The van der Waals surface area contributed by atoms with Crippen LogP contribution in [0.4, 0.5) is 0 Å². The van der Waals surface area contributed by atoms with Gasteiger partial charge in [0.1, 0.15) is 5.76 Å². The number of hydrogen-bond donors (Lipinski definition) is 1. The van der Waals surface area contributed by atoms with Gasteiger partial charge in [0.15, 0.2) is 0 Å². The molecule has 0 fully saturated rings. The third-order valence-corrected chi connectivity index (χ3v) is 4.98. The molecular weight excluding hydrogens is 356 g/mol. The lowest BCUT2D eigenvalue weighted by molar-refractivity contribution is 0.259. The molecule has 2 rings (SSSR count). The zero-order chi connectivity index (χ0) is 15.5. The average molecular weight is 373 g/mol. The van der Waals surface area contributed by atoms with Crippen LogP contribution < -0.4 is 4.72 Å². The molecule has 1 N–H and O–H groups in total. The Labute approximate surface area is 133 Å². The monoisotopic (exact) mass is 372 g/mol. The van der Waals surface area contributed by atoms with E-state index in [0.29, 0.717) is 0 Å². The predicted octanol–water partition coefficient (Wildman–Crippen LogP) is 2.62. The molecule has 1 heterocycles. The summed E-state index contributed by atoms with van der Waals surface area (Å²) in [6.07, 6.45) is 1.58. The fourth-order valence-corrected chi connectivity index (χ4v) is 3.56. The highest BCUT2D eigenvalue weighted by atomic mass is 79.9. The molecule has 21 heavy (non-hydrogen) atoms. The quantitative estimate of drug-likeness (QED) is 0.846. The van der Waals surface area contributed by atoms with Gasteiger partial charge in [0, 0.05) is 11.0 Å². The van der Waals surface area contributed by atoms with Crippen molar-refractivity contribution in [2.45, 2.75) is 10.9 Å². The van der Waals surface area contributed by atoms with E-state index >= 15 is 0 Å². The van der Waals surface area contributed by atoms with Crippen molar-refractivity contribution in [2.24, 2.45) is 0 Å². The van der Waals surface area contributed by atoms with Gasteiger partial charge in [0.2, 0.25) is 10.0 Å². The van der Waals surface area contributed by atoms with Crippen LogP contribution in [0.1, 0.15) is 11.8 Å². The molecule has 0 aliphatic heterocycles. The molecule has 2 aromatic rings. The molecule has 0 aliphatic rings. The maximum absolute atomic E-state index is 12.3. The normalized spacial score (nSPS) is 13.5. The van der Waals surface area contributed by atoms with Crippen LogP contribution in [-0.4, -0.2) is 34.0 Å². The van der Waals surface area contributed by atoms with E-state index in [9.17, 15) is 8.42 Å². The number of benzene rings is 1. The van der Waals surface area contributed by atoms with Gasteiger partial charge in [-0.25, -0.2) is 13.1 Å². The molecule has 0 radical (unpaired) electrons. The number of sulfonamides is 1. The van der Waals surface area contributed by atoms with Crippen molar-refractivity contribution < 1.29 is 12.8 Å². The van der Waals surface area contributed by atoms with Crippen LogP contribution in [-0.2, 0) is 10.0 Å². The van der Waals surface area contributed by atoms with Gasteiger partial charge in [-0.05, 0) is 44.4 Å². The summed E-state index contributed by atoms with van der Waals surface area (Å²) in [6.45, 7) is 0.232. The molecular formula is C14H17BrN2O3S. The second-order valence-corrected chi connectivity index (χ2v) is 7.49. The van der Waals surface area contributed by atoms with E-state index in [1.165, 1.54) is 0 Å². The molecule has 7 heteroatoms. The molecule has 1 atom stereocenters. The van der Waals surface area contributed by atoms with Crippen LogP contribution in [0.15, 0.2) is 56.4 Å². The van der Waals surface area contributed by atoms with Gasteiger partial charge in [0.05, 0.1) is 17.2 Å². The van der Waals surface area contributed by atoms with Gasteiger partial charge >= 0.3 is 0 Å². The lowest BCUT2D eigenvalue weighted by atomic mass is 10.2. The lowest BCUT2D eigenvalue weighted by Crippen LogP contribution is -2.34. The van der Waals surface area contributed by atoms with E-state index in [1.807, 2.05) is 25.1 Å². The second-order valence-electron chi connectivity index (χ2n) is 4.80. The summed E-state index contributed by atoms with van der Waals surface area (Å²) < 4.78 is 33.3. The maximum atomic E-state index is 12.3. The summed E-state index contributed by atoms with van der Waals surface area (Å²) >= 11 is 3.27. The average Bonchev–Trinajstić information content (AvgIpc) is 2.92. The zero-order valence-corrected chi connectivity index (χ0v) is 14.2. The minimum Gasteiger partial charge on any atom is -0.468 e. The van der Waals surface area contributed by atoms with Crippen LogP contribution in [0.2, 0.25) is 0 Å². The van der Waals surface area contributed by atoms with E-state index in [4.69, 9.17) is 4.42 Å². The first-order valence-electron chi connectivity index (χ1n) is 6.35. The number of furan rings is 1. The fraction of sp³-hybridized carbons (Fsp3) is 0.286. The van der Waals surface area contributed by atoms with Crippen LogP contribution in [0.25, 0.3) is 0 Å². The van der Waals surface area contributed by atoms with Gasteiger partial charge in [-0.3, -0.25) is 4.90 Å². The summed E-state index contributed by atoms with van der Waals surface area (Å²) in [5, 5.41) is 0. The number of halogens is 1. The first-order valence-corrected chi connectivity index (χ1v) is 8.63. The summed E-state index contributed by atoms with van der Waals surface area (Å²) in [4.78, 5) is 2.14. The van der Waals surface area contributed by atoms with Gasteiger partial charge in [-0.2, -0.15) is 0 Å². The summed E-state index contributed by atoms with van der Waals surface area (Å²) in [6, 6.07) is 10.1. The minimum atomic E-state index is -3.55. The third-order valence-electron chi connectivity index (χ3n) is 3.07. The van der Waals surface area contributed by atoms with Crippen molar-refractivity contribution in [1.82, 2.24) is 9.62 Å². The van der Waals surface area contributed by atoms with Gasteiger partial charge in [-0.1, -0.05) is 22.0 Å². The van der Waals surface area contributed by atoms with E-state index in [1.54, 1.807) is 36.6 Å². The van der Waals surface area contributed by atoms with Crippen LogP contribution in [0.5, 0.6) is 0 Å². The molecule has 1 unspecified atom stereocenters. The molecule has 0 spiro atoms. The standard InChI is InChI=1S/C14H17BrN2O3S/c1-17(2)13(14-7-4-8-20-14)10-16-21(18,19)12-6-3-5-11(15)9-12/h3-9,13,16H,10H2,1-2H3. The SMILES string of the molecule is CN(C)C(CNS(=O)(=O)c1cccc(Br)c1)c1ccco1. The van der Waals surface area contributed by atoms with Crippen molar-refractivity contribution in [1.29, 1.82) is 0 Å². The van der Waals surface area contributed by atoms with E-state index in [2.05, 4.69) is 20.7 Å². The number of nitrogens with zero attached hydrogens (tertiary/aromatic N) is 1. The predicted molar refractivity (Wildman–Crippen MR) is 84.5 cm³/mol. The third kappa shape index (κ3) is 4.16. The van der Waals surface area contributed by atoms with Crippen molar-refractivity contribution >= 4 is 26.0 Å². The molecule has 1 aromatic heterocycles. The zero-order valence-electron chi connectivity index (χ0n) is 11.8. The highest BCUT2D eigenvalue weighted by Crippen LogP contribution is 2.20. The summed E-state index contributed by atoms with van der Waals surface area (Å²) in [7, 11) is 0.200. The molecule has 0 bridgehead atoms. The van der Waals surface area contributed by atoms with Gasteiger partial charge in [0.25, 0.3) is 0 Å². The Kier molecular flexibility index (Phi) is 5.21. The summed E-state index contributed by atoms with van der Waals surface area (Å²) in [5.74, 6) is 0.719. The van der Waals surface area contributed by atoms with Crippen molar-refractivity contribution in [2.75, 3.05) is 20.6 Å². The Balaban J connectivity index is 2.13. The smallest absolute Gasteiger partial charge is 0.240 e. The molecule has 0 amide bonds. The van der Waals surface area contributed by atoms with Gasteiger partial charge in [-0.15, -0.1) is 0 Å². The Morgan fingerprint density at radius 3 is 2.62 bits per heavy atom.